The van der Waals surface area contributed by atoms with Crippen LogP contribution in [-0.2, 0) is 24.2 Å². The van der Waals surface area contributed by atoms with E-state index in [1.165, 1.54) is 31.2 Å². The summed E-state index contributed by atoms with van der Waals surface area (Å²) in [5.41, 5.74) is 4.82. The van der Waals surface area contributed by atoms with Crippen LogP contribution in [-0.4, -0.2) is 75.7 Å². The number of halogens is 1. The molecular weight excluding hydrogens is 529 g/mol. The molecule has 4 aliphatic rings. The lowest BCUT2D eigenvalue weighted by atomic mass is 9.87. The molecule has 5 heterocycles. The minimum absolute atomic E-state index is 0.137. The van der Waals surface area contributed by atoms with Crippen LogP contribution in [0.15, 0.2) is 54.6 Å². The highest BCUT2D eigenvalue weighted by atomic mass is 19.1. The molecule has 0 radical (unpaired) electrons. The zero-order chi connectivity index (χ0) is 28.8. The molecule has 3 aromatic rings. The van der Waals surface area contributed by atoms with Crippen LogP contribution in [0.3, 0.4) is 0 Å². The van der Waals surface area contributed by atoms with Crippen molar-refractivity contribution < 1.29 is 13.9 Å². The topological polar surface area (TPSA) is 53.8 Å². The zero-order valence-electron chi connectivity index (χ0n) is 24.8. The van der Waals surface area contributed by atoms with Crippen LogP contribution in [0.1, 0.15) is 66.0 Å². The number of ether oxygens (including phenoxy) is 1. The van der Waals surface area contributed by atoms with Crippen molar-refractivity contribution in [2.75, 3.05) is 33.3 Å². The van der Waals surface area contributed by atoms with E-state index in [1.54, 1.807) is 17.0 Å². The van der Waals surface area contributed by atoms with E-state index in [4.69, 9.17) is 9.72 Å². The summed E-state index contributed by atoms with van der Waals surface area (Å²) in [6.07, 6.45) is 5.34. The third-order valence-corrected chi connectivity index (χ3v) is 10.4. The lowest BCUT2D eigenvalue weighted by Gasteiger charge is -2.42. The average molecular weight is 572 g/mol. The van der Waals surface area contributed by atoms with Crippen LogP contribution in [0.5, 0.6) is 0 Å². The normalized spacial score (nSPS) is 27.8. The van der Waals surface area contributed by atoms with E-state index in [0.29, 0.717) is 43.1 Å². The van der Waals surface area contributed by atoms with Crippen molar-refractivity contribution in [2.45, 2.75) is 76.2 Å². The Morgan fingerprint density at radius 2 is 1.81 bits per heavy atom. The van der Waals surface area contributed by atoms with Crippen molar-refractivity contribution in [1.82, 2.24) is 24.3 Å². The number of carbonyl (C=O) groups is 1. The molecule has 7 rings (SSSR count). The van der Waals surface area contributed by atoms with Gasteiger partial charge < -0.3 is 14.2 Å². The zero-order valence-corrected chi connectivity index (χ0v) is 24.8. The summed E-state index contributed by atoms with van der Waals surface area (Å²) in [4.78, 5) is 24.2. The predicted octanol–water partition coefficient (Wildman–Crippen LogP) is 5.54. The molecule has 0 aliphatic carbocycles. The number of aryl methyl sites for hydroxylation is 1. The second kappa shape index (κ2) is 11.5. The van der Waals surface area contributed by atoms with Crippen molar-refractivity contribution in [1.29, 1.82) is 0 Å². The minimum atomic E-state index is -0.273. The molecule has 3 fully saturated rings. The Morgan fingerprint density at radius 3 is 2.55 bits per heavy atom. The second-order valence-electron chi connectivity index (χ2n) is 12.9. The molecule has 1 amide bonds. The fourth-order valence-corrected chi connectivity index (χ4v) is 8.57. The third kappa shape index (κ3) is 5.24. The third-order valence-electron chi connectivity index (χ3n) is 10.4. The van der Waals surface area contributed by atoms with E-state index in [0.717, 1.165) is 62.5 Å². The maximum absolute atomic E-state index is 14.3. The van der Waals surface area contributed by atoms with Crippen LogP contribution in [0.2, 0.25) is 0 Å². The number of carbonyl (C=O) groups excluding carboxylic acids is 1. The average Bonchev–Trinajstić information content (AvgIpc) is 3.62. The number of fused-ring (bicyclic) bond motifs is 3. The first kappa shape index (κ1) is 27.6. The molecule has 222 valence electrons. The van der Waals surface area contributed by atoms with Crippen molar-refractivity contribution >= 4 is 6.09 Å². The van der Waals surface area contributed by atoms with Gasteiger partial charge in [0, 0.05) is 68.9 Å². The molecule has 2 unspecified atom stereocenters. The lowest BCUT2D eigenvalue weighted by Crippen LogP contribution is -2.47. The van der Waals surface area contributed by atoms with E-state index in [1.807, 2.05) is 6.07 Å². The Morgan fingerprint density at radius 1 is 1.02 bits per heavy atom. The van der Waals surface area contributed by atoms with Gasteiger partial charge in [-0.25, -0.2) is 14.2 Å². The number of benzene rings is 2. The van der Waals surface area contributed by atoms with Crippen LogP contribution < -0.4 is 0 Å². The van der Waals surface area contributed by atoms with Gasteiger partial charge in [0.25, 0.3) is 0 Å². The molecule has 7 nitrogen and oxygen atoms in total. The van der Waals surface area contributed by atoms with Gasteiger partial charge in [0.15, 0.2) is 0 Å². The number of rotatable bonds is 6. The van der Waals surface area contributed by atoms with Gasteiger partial charge in [0.2, 0.25) is 0 Å². The number of hydrogen-bond acceptors (Lipinski definition) is 5. The first-order valence-corrected chi connectivity index (χ1v) is 15.6. The summed E-state index contributed by atoms with van der Waals surface area (Å²) in [7, 11) is 1.44. The Hall–Kier alpha value is -3.23. The highest BCUT2D eigenvalue weighted by Crippen LogP contribution is 2.44. The van der Waals surface area contributed by atoms with Crippen LogP contribution in [0, 0.1) is 18.7 Å². The summed E-state index contributed by atoms with van der Waals surface area (Å²) in [5.74, 6) is 1.75. The fraction of sp³-hybridized carbons (Fsp3) is 0.529. The van der Waals surface area contributed by atoms with Gasteiger partial charge in [-0.05, 0) is 61.8 Å². The maximum Gasteiger partial charge on any atom is 0.409 e. The van der Waals surface area contributed by atoms with Crippen LogP contribution in [0.25, 0.3) is 0 Å². The Labute approximate surface area is 248 Å². The number of piperidine rings is 1. The molecule has 3 saturated heterocycles. The summed E-state index contributed by atoms with van der Waals surface area (Å²) in [5, 5.41) is 0. The summed E-state index contributed by atoms with van der Waals surface area (Å²) in [6, 6.07) is 19.6. The van der Waals surface area contributed by atoms with E-state index in [2.05, 4.69) is 57.7 Å². The highest BCUT2D eigenvalue weighted by molar-refractivity contribution is 5.67. The standard InChI is InChI=1S/C34H42FN5O2/c1-23-36-32-22-38(34(41)42-2)14-13-33(32)40(23)30-16-28-11-12-29(17-30)39(28)20-26-19-37(18-24-7-4-3-5-8-24)21-31(26)25-9-6-10-27(35)15-25/h3-10,15,26,28-31H,11-14,16-22H2,1-2H3/t26-,28?,29?,30?,31-/m1/s1. The molecular formula is C34H42FN5O2. The van der Waals surface area contributed by atoms with Gasteiger partial charge in [-0.1, -0.05) is 42.5 Å². The van der Waals surface area contributed by atoms with Crippen LogP contribution in [0.4, 0.5) is 9.18 Å². The number of imidazole rings is 1. The van der Waals surface area contributed by atoms with Crippen molar-refractivity contribution in [3.63, 3.8) is 0 Å². The summed E-state index contributed by atoms with van der Waals surface area (Å²) < 4.78 is 21.8. The number of nitrogens with zero attached hydrogens (tertiary/aromatic N) is 5. The number of methoxy groups -OCH3 is 1. The number of likely N-dealkylation sites (tertiary alicyclic amines) is 1. The smallest absolute Gasteiger partial charge is 0.409 e. The molecule has 1 aromatic heterocycles. The number of hydrogen-bond donors (Lipinski definition) is 0. The quantitative estimate of drug-likeness (QED) is 0.389. The van der Waals surface area contributed by atoms with Gasteiger partial charge in [0.1, 0.15) is 11.6 Å². The molecule has 4 aliphatic heterocycles. The molecule has 2 aromatic carbocycles. The Balaban J connectivity index is 1.07. The minimum Gasteiger partial charge on any atom is -0.453 e. The molecule has 0 saturated carbocycles. The lowest BCUT2D eigenvalue weighted by molar-refractivity contribution is 0.0850. The summed E-state index contributed by atoms with van der Waals surface area (Å²) >= 11 is 0. The van der Waals surface area contributed by atoms with Crippen molar-refractivity contribution in [3.05, 3.63) is 88.8 Å². The van der Waals surface area contributed by atoms with E-state index < -0.39 is 0 Å². The first-order valence-electron chi connectivity index (χ1n) is 15.6. The van der Waals surface area contributed by atoms with Gasteiger partial charge in [-0.3, -0.25) is 9.80 Å². The van der Waals surface area contributed by atoms with E-state index >= 15 is 0 Å². The monoisotopic (exact) mass is 571 g/mol. The van der Waals surface area contributed by atoms with Gasteiger partial charge in [-0.2, -0.15) is 0 Å². The van der Waals surface area contributed by atoms with Gasteiger partial charge in [-0.15, -0.1) is 0 Å². The molecule has 8 heteroatoms. The van der Waals surface area contributed by atoms with Crippen molar-refractivity contribution in [3.8, 4) is 0 Å². The summed E-state index contributed by atoms with van der Waals surface area (Å²) in [6.45, 7) is 7.36. The van der Waals surface area contributed by atoms with Gasteiger partial charge in [0.05, 0.1) is 19.3 Å². The SMILES string of the molecule is COC(=O)N1CCc2c(nc(C)n2C2CC3CCC(C2)N3C[C@H]2CN(Cc3ccccc3)C[C@@H]2c2cccc(F)c2)C1. The van der Waals surface area contributed by atoms with E-state index in [-0.39, 0.29) is 11.9 Å². The molecule has 0 N–H and O–H groups in total. The molecule has 2 bridgehead atoms. The number of aromatic nitrogens is 2. The van der Waals surface area contributed by atoms with Crippen molar-refractivity contribution in [2.24, 2.45) is 5.92 Å². The Bertz CT molecular complexity index is 1410. The van der Waals surface area contributed by atoms with Crippen LogP contribution >= 0.6 is 0 Å². The predicted molar refractivity (Wildman–Crippen MR) is 160 cm³/mol. The largest absolute Gasteiger partial charge is 0.453 e. The van der Waals surface area contributed by atoms with E-state index in [9.17, 15) is 9.18 Å². The molecule has 0 spiro atoms. The maximum atomic E-state index is 14.3. The molecule has 42 heavy (non-hydrogen) atoms. The first-order chi connectivity index (χ1) is 20.5. The fourth-order valence-electron chi connectivity index (χ4n) is 8.57. The second-order valence-corrected chi connectivity index (χ2v) is 12.9. The number of amides is 1. The molecule has 4 atom stereocenters. The van der Waals surface area contributed by atoms with Gasteiger partial charge >= 0.3 is 6.09 Å². The highest BCUT2D eigenvalue weighted by Gasteiger charge is 2.45. The Kier molecular flexibility index (Phi) is 7.53.